The summed E-state index contributed by atoms with van der Waals surface area (Å²) in [5.41, 5.74) is 0.178. The minimum Gasteiger partial charge on any atom is -0.458 e. The molecule has 0 bridgehead atoms. The zero-order chi connectivity index (χ0) is 24.0. The number of carbonyl (C=O) groups excluding carboxylic acids is 2. The molecule has 31 heavy (non-hydrogen) atoms. The van der Waals surface area contributed by atoms with Gasteiger partial charge in [0.25, 0.3) is 5.91 Å². The number of allylic oxidation sites excluding steroid dienone is 3. The zero-order valence-electron chi connectivity index (χ0n) is 20.6. The Bertz CT molecular complexity index is 788. The number of hydrogen-bond acceptors (Lipinski definition) is 4. The first kappa shape index (κ1) is 26.6. The maximum absolute atomic E-state index is 13.7. The van der Waals surface area contributed by atoms with Crippen molar-refractivity contribution in [3.63, 3.8) is 0 Å². The molecule has 5 heteroatoms. The summed E-state index contributed by atoms with van der Waals surface area (Å²) in [4.78, 5) is 32.9. The van der Waals surface area contributed by atoms with E-state index in [1.165, 1.54) is 0 Å². The lowest BCUT2D eigenvalue weighted by atomic mass is 9.93. The average molecular weight is 429 g/mol. The van der Waals surface area contributed by atoms with Crippen LogP contribution in [0.25, 0.3) is 0 Å². The van der Waals surface area contributed by atoms with Crippen LogP contribution in [0.1, 0.15) is 68.2 Å². The van der Waals surface area contributed by atoms with Gasteiger partial charge in [0, 0.05) is 12.7 Å². The van der Waals surface area contributed by atoms with Gasteiger partial charge in [0.05, 0.1) is 11.3 Å². The normalized spacial score (nSPS) is 16.6. The monoisotopic (exact) mass is 428 g/mol. The largest absolute Gasteiger partial charge is 0.458 e. The maximum atomic E-state index is 13.7. The Balaban J connectivity index is 3.40. The third kappa shape index (κ3) is 7.05. The van der Waals surface area contributed by atoms with Crippen molar-refractivity contribution in [2.75, 3.05) is 6.54 Å². The smallest absolute Gasteiger partial charge is 0.332 e. The van der Waals surface area contributed by atoms with Crippen LogP contribution in [0.15, 0.2) is 53.7 Å². The van der Waals surface area contributed by atoms with Gasteiger partial charge in [-0.15, -0.1) is 6.58 Å². The molecule has 1 saturated carbocycles. The minimum absolute atomic E-state index is 0.113. The van der Waals surface area contributed by atoms with Crippen LogP contribution in [0.5, 0.6) is 0 Å². The third-order valence-corrected chi connectivity index (χ3v) is 5.03. The number of esters is 1. The van der Waals surface area contributed by atoms with E-state index in [0.717, 1.165) is 5.57 Å². The molecule has 172 valence electrons. The van der Waals surface area contributed by atoms with Crippen LogP contribution in [0, 0.1) is 11.8 Å². The summed E-state index contributed by atoms with van der Waals surface area (Å²) in [6.45, 7) is 23.7. The summed E-state index contributed by atoms with van der Waals surface area (Å²) in [5.74, 6) is -0.181. The van der Waals surface area contributed by atoms with E-state index in [-0.39, 0.29) is 24.3 Å². The number of nitrogens with zero attached hydrogens (tertiary/aromatic N) is 2. The van der Waals surface area contributed by atoms with Crippen molar-refractivity contribution in [1.29, 1.82) is 0 Å². The molecule has 0 atom stereocenters. The Labute approximate surface area is 188 Å². The van der Waals surface area contributed by atoms with Crippen molar-refractivity contribution in [3.8, 4) is 0 Å². The second-order valence-corrected chi connectivity index (χ2v) is 9.68. The molecule has 1 aliphatic rings. The minimum atomic E-state index is -0.954. The summed E-state index contributed by atoms with van der Waals surface area (Å²) in [7, 11) is 0. The molecule has 0 N–H and O–H groups in total. The Kier molecular flexibility index (Phi) is 9.22. The molecule has 0 aromatic carbocycles. The van der Waals surface area contributed by atoms with Crippen molar-refractivity contribution in [2.45, 2.75) is 79.4 Å². The first-order chi connectivity index (χ1) is 14.3. The van der Waals surface area contributed by atoms with Crippen molar-refractivity contribution < 1.29 is 14.3 Å². The molecule has 0 aliphatic heterocycles. The first-order valence-electron chi connectivity index (χ1n) is 11.1. The third-order valence-electron chi connectivity index (χ3n) is 5.03. The van der Waals surface area contributed by atoms with Crippen LogP contribution < -0.4 is 0 Å². The second-order valence-electron chi connectivity index (χ2n) is 9.68. The molecule has 0 heterocycles. The topological polar surface area (TPSA) is 59.0 Å². The van der Waals surface area contributed by atoms with Crippen LogP contribution in [0.2, 0.25) is 0 Å². The average Bonchev–Trinajstić information content (AvgIpc) is 3.44. The standard InChI is InChI=1S/C26H40N2O3/c1-11-17-28(26(14-15-26)24(30)31-25(8,9)10)23(29)21(12-2)22(20(7)19(5)6)27-16-13-18(3)4/h11-13,16,18-19H,1,7,14-15,17H2,2-6,8-10H3/b16-13+,21-12+,27-22-. The molecule has 5 nitrogen and oxygen atoms in total. The summed E-state index contributed by atoms with van der Waals surface area (Å²) in [6, 6.07) is 0. The molecule has 0 unspecified atom stereocenters. The van der Waals surface area contributed by atoms with E-state index in [9.17, 15) is 9.59 Å². The lowest BCUT2D eigenvalue weighted by Crippen LogP contribution is -2.50. The van der Waals surface area contributed by atoms with Crippen LogP contribution in [0.3, 0.4) is 0 Å². The van der Waals surface area contributed by atoms with Crippen molar-refractivity contribution in [3.05, 3.63) is 48.7 Å². The van der Waals surface area contributed by atoms with Gasteiger partial charge in [-0.2, -0.15) is 0 Å². The summed E-state index contributed by atoms with van der Waals surface area (Å²) < 4.78 is 5.65. The van der Waals surface area contributed by atoms with Crippen LogP contribution in [-0.4, -0.2) is 40.2 Å². The van der Waals surface area contributed by atoms with Gasteiger partial charge >= 0.3 is 5.97 Å². The Morgan fingerprint density at radius 2 is 1.77 bits per heavy atom. The number of rotatable bonds is 10. The maximum Gasteiger partial charge on any atom is 0.332 e. The fourth-order valence-corrected chi connectivity index (χ4v) is 3.05. The zero-order valence-corrected chi connectivity index (χ0v) is 20.6. The number of ether oxygens (including phenoxy) is 1. The quantitative estimate of drug-likeness (QED) is 0.196. The second kappa shape index (κ2) is 10.7. The van der Waals surface area contributed by atoms with Gasteiger partial charge in [-0.1, -0.05) is 52.5 Å². The van der Waals surface area contributed by atoms with Gasteiger partial charge in [-0.05, 0) is 57.9 Å². The highest BCUT2D eigenvalue weighted by Crippen LogP contribution is 2.44. The highest BCUT2D eigenvalue weighted by atomic mass is 16.6. The van der Waals surface area contributed by atoms with E-state index < -0.39 is 11.1 Å². The molecule has 0 aromatic rings. The Hall–Kier alpha value is -2.43. The van der Waals surface area contributed by atoms with E-state index >= 15 is 0 Å². The van der Waals surface area contributed by atoms with Gasteiger partial charge in [-0.25, -0.2) is 4.79 Å². The van der Waals surface area contributed by atoms with Gasteiger partial charge in [-0.3, -0.25) is 9.79 Å². The number of hydrogen-bond donors (Lipinski definition) is 0. The van der Waals surface area contributed by atoms with Crippen molar-refractivity contribution >= 4 is 17.6 Å². The Morgan fingerprint density at radius 3 is 2.16 bits per heavy atom. The predicted molar refractivity (Wildman–Crippen MR) is 129 cm³/mol. The molecule has 1 amide bonds. The molecule has 0 saturated heterocycles. The van der Waals surface area contributed by atoms with E-state index in [4.69, 9.17) is 4.74 Å². The van der Waals surface area contributed by atoms with E-state index in [1.54, 1.807) is 23.3 Å². The molecule has 0 spiro atoms. The number of amides is 1. The highest BCUT2D eigenvalue weighted by Gasteiger charge is 2.58. The Morgan fingerprint density at radius 1 is 1.19 bits per heavy atom. The van der Waals surface area contributed by atoms with Gasteiger partial charge in [0.1, 0.15) is 11.1 Å². The van der Waals surface area contributed by atoms with E-state index in [1.807, 2.05) is 47.6 Å². The van der Waals surface area contributed by atoms with Crippen molar-refractivity contribution in [1.82, 2.24) is 4.90 Å². The summed E-state index contributed by atoms with van der Waals surface area (Å²) in [6.07, 6.45) is 8.23. The van der Waals surface area contributed by atoms with Crippen LogP contribution >= 0.6 is 0 Å². The molecular weight excluding hydrogens is 388 g/mol. The number of carbonyl (C=O) groups is 2. The molecule has 0 radical (unpaired) electrons. The number of aliphatic imine (C=N–C) groups is 1. The lowest BCUT2D eigenvalue weighted by molar-refractivity contribution is -0.165. The SMILES string of the molecule is C=CCN(C(=O)C(=C/C)/C(=N\C=C\C(C)C)C(=C)C(C)C)C1(C(=O)OC(C)(C)C)CC1. The van der Waals surface area contributed by atoms with E-state index in [2.05, 4.69) is 32.0 Å². The van der Waals surface area contributed by atoms with Crippen LogP contribution in [0.4, 0.5) is 0 Å². The van der Waals surface area contributed by atoms with Crippen molar-refractivity contribution in [2.24, 2.45) is 16.8 Å². The summed E-state index contributed by atoms with van der Waals surface area (Å²) >= 11 is 0. The van der Waals surface area contributed by atoms with Gasteiger partial charge in [0.2, 0.25) is 0 Å². The molecule has 1 rings (SSSR count). The molecule has 0 aromatic heterocycles. The highest BCUT2D eigenvalue weighted by molar-refractivity contribution is 6.28. The van der Waals surface area contributed by atoms with Gasteiger partial charge in [0.15, 0.2) is 0 Å². The lowest BCUT2D eigenvalue weighted by Gasteiger charge is -2.33. The fraction of sp³-hybridized carbons (Fsp3) is 0.577. The predicted octanol–water partition coefficient (Wildman–Crippen LogP) is 5.64. The van der Waals surface area contributed by atoms with Crippen LogP contribution in [-0.2, 0) is 14.3 Å². The fourth-order valence-electron chi connectivity index (χ4n) is 3.05. The van der Waals surface area contributed by atoms with Gasteiger partial charge < -0.3 is 9.64 Å². The first-order valence-corrected chi connectivity index (χ1v) is 11.1. The summed E-state index contributed by atoms with van der Waals surface area (Å²) in [5, 5.41) is 0. The van der Waals surface area contributed by atoms with E-state index in [0.29, 0.717) is 30.0 Å². The molecular formula is C26H40N2O3. The molecule has 1 fully saturated rings. The molecule has 1 aliphatic carbocycles.